The second-order valence-corrected chi connectivity index (χ2v) is 6.46. The van der Waals surface area contributed by atoms with Gasteiger partial charge in [0.05, 0.1) is 6.10 Å². The lowest BCUT2D eigenvalue weighted by atomic mass is 9.76. The molecule has 0 radical (unpaired) electrons. The topological polar surface area (TPSA) is 20.2 Å². The summed E-state index contributed by atoms with van der Waals surface area (Å²) in [4.78, 5) is 0. The van der Waals surface area contributed by atoms with E-state index in [2.05, 4.69) is 45.9 Å². The van der Waals surface area contributed by atoms with E-state index in [-0.39, 0.29) is 11.5 Å². The Hall–Kier alpha value is -0.820. The summed E-state index contributed by atoms with van der Waals surface area (Å²) in [6, 6.07) is 6.54. The van der Waals surface area contributed by atoms with Gasteiger partial charge in [0, 0.05) is 0 Å². The Morgan fingerprint density at radius 3 is 2.35 bits per heavy atom. The standard InChI is InChI=1S/C16H24O/c1-11-8-9-13(16(2,3)4)10-14(11)15(17)12-6-5-7-12/h8-10,12,15,17H,5-7H2,1-4H3. The highest BCUT2D eigenvalue weighted by Gasteiger charge is 2.28. The molecule has 1 aliphatic carbocycles. The Bertz CT molecular complexity index is 396. The van der Waals surface area contributed by atoms with Gasteiger partial charge in [0.1, 0.15) is 0 Å². The van der Waals surface area contributed by atoms with Gasteiger partial charge in [0.2, 0.25) is 0 Å². The van der Waals surface area contributed by atoms with Crippen molar-refractivity contribution < 1.29 is 5.11 Å². The average Bonchev–Trinajstić information content (AvgIpc) is 2.13. The highest BCUT2D eigenvalue weighted by Crippen LogP contribution is 2.39. The van der Waals surface area contributed by atoms with E-state index in [0.717, 1.165) is 5.56 Å². The molecule has 1 heteroatoms. The molecule has 2 rings (SSSR count). The average molecular weight is 232 g/mol. The van der Waals surface area contributed by atoms with Gasteiger partial charge in [-0.05, 0) is 47.8 Å². The summed E-state index contributed by atoms with van der Waals surface area (Å²) >= 11 is 0. The molecule has 0 aromatic heterocycles. The molecular formula is C16H24O. The molecular weight excluding hydrogens is 208 g/mol. The van der Waals surface area contributed by atoms with Crippen LogP contribution in [0.15, 0.2) is 18.2 Å². The summed E-state index contributed by atoms with van der Waals surface area (Å²) in [6.07, 6.45) is 3.38. The van der Waals surface area contributed by atoms with Gasteiger partial charge in [-0.1, -0.05) is 45.4 Å². The molecule has 0 heterocycles. The first-order valence-corrected chi connectivity index (χ1v) is 6.68. The second kappa shape index (κ2) is 4.45. The lowest BCUT2D eigenvalue weighted by Crippen LogP contribution is -2.21. The van der Waals surface area contributed by atoms with E-state index in [9.17, 15) is 5.11 Å². The van der Waals surface area contributed by atoms with E-state index >= 15 is 0 Å². The van der Waals surface area contributed by atoms with E-state index < -0.39 is 0 Å². The quantitative estimate of drug-likeness (QED) is 0.813. The monoisotopic (exact) mass is 232 g/mol. The number of aliphatic hydroxyl groups is 1. The lowest BCUT2D eigenvalue weighted by molar-refractivity contribution is 0.0615. The molecule has 0 amide bonds. The van der Waals surface area contributed by atoms with Crippen LogP contribution in [0.5, 0.6) is 0 Å². The predicted molar refractivity (Wildman–Crippen MR) is 72.2 cm³/mol. The molecule has 1 nitrogen and oxygen atoms in total. The van der Waals surface area contributed by atoms with Crippen LogP contribution in [0.4, 0.5) is 0 Å². The fourth-order valence-corrected chi connectivity index (χ4v) is 2.44. The van der Waals surface area contributed by atoms with Crippen LogP contribution in [-0.2, 0) is 5.41 Å². The van der Waals surface area contributed by atoms with Crippen molar-refractivity contribution in [2.75, 3.05) is 0 Å². The number of aryl methyl sites for hydroxylation is 1. The zero-order valence-electron chi connectivity index (χ0n) is 11.5. The number of benzene rings is 1. The van der Waals surface area contributed by atoms with Crippen LogP contribution in [0.25, 0.3) is 0 Å². The summed E-state index contributed by atoms with van der Waals surface area (Å²) in [5.74, 6) is 0.490. The Labute approximate surface area is 105 Å². The maximum Gasteiger partial charge on any atom is 0.0820 e. The molecule has 0 spiro atoms. The smallest absolute Gasteiger partial charge is 0.0820 e. The maximum absolute atomic E-state index is 10.4. The number of aliphatic hydroxyl groups excluding tert-OH is 1. The van der Waals surface area contributed by atoms with Crippen LogP contribution in [0.1, 0.15) is 62.8 Å². The Balaban J connectivity index is 2.31. The van der Waals surface area contributed by atoms with Crippen LogP contribution in [0.3, 0.4) is 0 Å². The van der Waals surface area contributed by atoms with Gasteiger partial charge in [0.25, 0.3) is 0 Å². The Morgan fingerprint density at radius 1 is 1.24 bits per heavy atom. The minimum atomic E-state index is -0.258. The van der Waals surface area contributed by atoms with E-state index in [1.807, 2.05) is 0 Å². The van der Waals surface area contributed by atoms with Crippen LogP contribution in [0.2, 0.25) is 0 Å². The number of hydrogen-bond donors (Lipinski definition) is 1. The van der Waals surface area contributed by atoms with Crippen molar-refractivity contribution in [3.8, 4) is 0 Å². The summed E-state index contributed by atoms with van der Waals surface area (Å²) in [5, 5.41) is 10.4. The van der Waals surface area contributed by atoms with E-state index in [0.29, 0.717) is 5.92 Å². The first-order valence-electron chi connectivity index (χ1n) is 6.68. The zero-order valence-corrected chi connectivity index (χ0v) is 11.5. The molecule has 94 valence electrons. The predicted octanol–water partition coefficient (Wildman–Crippen LogP) is 4.13. The van der Waals surface area contributed by atoms with Crippen molar-refractivity contribution in [1.29, 1.82) is 0 Å². The fraction of sp³-hybridized carbons (Fsp3) is 0.625. The Kier molecular flexibility index (Phi) is 3.31. The molecule has 1 aromatic rings. The first kappa shape index (κ1) is 12.6. The van der Waals surface area contributed by atoms with Crippen molar-refractivity contribution in [1.82, 2.24) is 0 Å². The highest BCUT2D eigenvalue weighted by molar-refractivity contribution is 5.36. The van der Waals surface area contributed by atoms with Gasteiger partial charge in [-0.2, -0.15) is 0 Å². The summed E-state index contributed by atoms with van der Waals surface area (Å²) in [7, 11) is 0. The third-order valence-corrected chi connectivity index (χ3v) is 4.06. The van der Waals surface area contributed by atoms with Crippen molar-refractivity contribution >= 4 is 0 Å². The minimum Gasteiger partial charge on any atom is -0.388 e. The molecule has 0 aliphatic heterocycles. The number of rotatable bonds is 2. The largest absolute Gasteiger partial charge is 0.388 e. The van der Waals surface area contributed by atoms with Gasteiger partial charge in [0.15, 0.2) is 0 Å². The molecule has 1 aliphatic rings. The molecule has 1 N–H and O–H groups in total. The normalized spacial score (nSPS) is 18.9. The SMILES string of the molecule is Cc1ccc(C(C)(C)C)cc1C(O)C1CCC1. The molecule has 1 unspecified atom stereocenters. The summed E-state index contributed by atoms with van der Waals surface area (Å²) in [6.45, 7) is 8.76. The molecule has 0 saturated heterocycles. The summed E-state index contributed by atoms with van der Waals surface area (Å²) < 4.78 is 0. The van der Waals surface area contributed by atoms with Gasteiger partial charge < -0.3 is 5.11 Å². The summed E-state index contributed by atoms with van der Waals surface area (Å²) in [5.41, 5.74) is 3.83. The maximum atomic E-state index is 10.4. The molecule has 1 aromatic carbocycles. The second-order valence-electron chi connectivity index (χ2n) is 6.46. The van der Waals surface area contributed by atoms with Gasteiger partial charge in [-0.25, -0.2) is 0 Å². The molecule has 1 saturated carbocycles. The minimum absolute atomic E-state index is 0.155. The van der Waals surface area contributed by atoms with Gasteiger partial charge in [-0.3, -0.25) is 0 Å². The van der Waals surface area contributed by atoms with Crippen LogP contribution >= 0.6 is 0 Å². The molecule has 0 bridgehead atoms. The molecule has 17 heavy (non-hydrogen) atoms. The third-order valence-electron chi connectivity index (χ3n) is 4.06. The van der Waals surface area contributed by atoms with Crippen molar-refractivity contribution in [2.45, 2.75) is 58.5 Å². The first-order chi connectivity index (χ1) is 7.89. The highest BCUT2D eigenvalue weighted by atomic mass is 16.3. The van der Waals surface area contributed by atoms with Gasteiger partial charge in [-0.15, -0.1) is 0 Å². The lowest BCUT2D eigenvalue weighted by Gasteiger charge is -2.32. The van der Waals surface area contributed by atoms with Crippen LogP contribution < -0.4 is 0 Å². The fourth-order valence-electron chi connectivity index (χ4n) is 2.44. The van der Waals surface area contributed by atoms with Crippen molar-refractivity contribution in [3.05, 3.63) is 34.9 Å². The zero-order chi connectivity index (χ0) is 12.6. The van der Waals surface area contributed by atoms with Crippen LogP contribution in [0, 0.1) is 12.8 Å². The third kappa shape index (κ3) is 2.55. The molecule has 1 atom stereocenters. The van der Waals surface area contributed by atoms with E-state index in [4.69, 9.17) is 0 Å². The van der Waals surface area contributed by atoms with Crippen LogP contribution in [-0.4, -0.2) is 5.11 Å². The van der Waals surface area contributed by atoms with Crippen molar-refractivity contribution in [2.24, 2.45) is 5.92 Å². The van der Waals surface area contributed by atoms with E-state index in [1.54, 1.807) is 0 Å². The van der Waals surface area contributed by atoms with E-state index in [1.165, 1.54) is 30.4 Å². The van der Waals surface area contributed by atoms with Gasteiger partial charge >= 0.3 is 0 Å². The Morgan fingerprint density at radius 2 is 1.88 bits per heavy atom. The molecule has 1 fully saturated rings. The van der Waals surface area contributed by atoms with Crippen molar-refractivity contribution in [3.63, 3.8) is 0 Å². The number of hydrogen-bond acceptors (Lipinski definition) is 1.